The van der Waals surface area contributed by atoms with Crippen molar-refractivity contribution in [2.45, 2.75) is 77.5 Å². The first-order valence-electron chi connectivity index (χ1n) is 19.3. The standard InChI is InChI=1S/C41H54ClN5O7/c1-24(2)54-35-14-11-27(15-36(35)52-5)41(51)47-20-29-19-46(37(48)16-28-18-44-34-17-30(42)12-13-31(28)34)22-33(32(29)21-47)39(49)45-38(40(50)43-4)25(3)53-23-26-9-7-6-8-10-26/h11-15,17-18,24-26,29,32-33,38,44H,6-10,16,19-23H2,1-5H3,(H,43,50)(H,45,49)/t25-,29?,32?,33?,38?/m1/s1. The molecule has 3 fully saturated rings. The smallest absolute Gasteiger partial charge is 0.254 e. The Morgan fingerprint density at radius 2 is 1.70 bits per heavy atom. The average molecular weight is 764 g/mol. The molecule has 6 rings (SSSR count). The molecule has 0 radical (unpaired) electrons. The van der Waals surface area contributed by atoms with Gasteiger partial charge in [-0.15, -0.1) is 0 Å². The van der Waals surface area contributed by atoms with E-state index in [-0.39, 0.29) is 54.5 Å². The molecule has 292 valence electrons. The number of ether oxygens (including phenoxy) is 3. The Morgan fingerprint density at radius 3 is 2.43 bits per heavy atom. The number of piperidine rings is 1. The maximum absolute atomic E-state index is 14.4. The summed E-state index contributed by atoms with van der Waals surface area (Å²) in [5.74, 6) is -0.609. The number of benzene rings is 2. The predicted molar refractivity (Wildman–Crippen MR) is 207 cm³/mol. The van der Waals surface area contributed by atoms with E-state index in [9.17, 15) is 19.2 Å². The number of aromatic amines is 1. The number of hydrogen-bond acceptors (Lipinski definition) is 7. The van der Waals surface area contributed by atoms with Gasteiger partial charge >= 0.3 is 0 Å². The lowest BCUT2D eigenvalue weighted by Gasteiger charge is -2.40. The van der Waals surface area contributed by atoms with Crippen molar-refractivity contribution in [2.75, 3.05) is 46.9 Å². The average Bonchev–Trinajstić information content (AvgIpc) is 3.79. The second-order valence-corrected chi connectivity index (χ2v) is 15.8. The molecule has 54 heavy (non-hydrogen) atoms. The van der Waals surface area contributed by atoms with E-state index < -0.39 is 18.1 Å². The molecule has 12 nitrogen and oxygen atoms in total. The number of H-pyrrole nitrogens is 1. The molecular formula is C41H54ClN5O7. The summed E-state index contributed by atoms with van der Waals surface area (Å²) in [6.45, 7) is 7.45. The second kappa shape index (κ2) is 17.5. The van der Waals surface area contributed by atoms with Crippen molar-refractivity contribution in [3.05, 3.63) is 58.7 Å². The quantitative estimate of drug-likeness (QED) is 0.217. The van der Waals surface area contributed by atoms with Crippen molar-refractivity contribution in [3.8, 4) is 11.5 Å². The molecule has 0 spiro atoms. The number of carbonyl (C=O) groups excluding carboxylic acids is 4. The molecule has 1 aromatic heterocycles. The summed E-state index contributed by atoms with van der Waals surface area (Å²) >= 11 is 6.20. The Morgan fingerprint density at radius 1 is 0.944 bits per heavy atom. The fourth-order valence-corrected chi connectivity index (χ4v) is 8.56. The molecule has 3 N–H and O–H groups in total. The van der Waals surface area contributed by atoms with Crippen LogP contribution in [0.4, 0.5) is 0 Å². The third kappa shape index (κ3) is 8.97. The molecule has 1 saturated carbocycles. The molecule has 4 unspecified atom stereocenters. The van der Waals surface area contributed by atoms with Crippen molar-refractivity contribution in [3.63, 3.8) is 0 Å². The van der Waals surface area contributed by atoms with Crippen LogP contribution in [-0.2, 0) is 25.5 Å². The fraction of sp³-hybridized carbons (Fsp3) is 0.561. The number of nitrogens with one attached hydrogen (secondary N) is 3. The zero-order valence-corrected chi connectivity index (χ0v) is 32.7. The second-order valence-electron chi connectivity index (χ2n) is 15.4. The van der Waals surface area contributed by atoms with Gasteiger partial charge in [0.2, 0.25) is 17.7 Å². The molecule has 4 amide bonds. The molecule has 13 heteroatoms. The first-order valence-corrected chi connectivity index (χ1v) is 19.6. The number of hydrogen-bond donors (Lipinski definition) is 3. The van der Waals surface area contributed by atoms with Crippen LogP contribution in [0.5, 0.6) is 11.5 Å². The van der Waals surface area contributed by atoms with Gasteiger partial charge in [-0.2, -0.15) is 0 Å². The van der Waals surface area contributed by atoms with Gasteiger partial charge in [-0.25, -0.2) is 0 Å². The minimum absolute atomic E-state index is 0.0696. The lowest BCUT2D eigenvalue weighted by atomic mass is 9.79. The van der Waals surface area contributed by atoms with Crippen molar-refractivity contribution < 1.29 is 33.4 Å². The number of nitrogens with zero attached hydrogens (tertiary/aromatic N) is 2. The Labute approximate surface area is 322 Å². The van der Waals surface area contributed by atoms with Crippen LogP contribution in [0.3, 0.4) is 0 Å². The zero-order chi connectivity index (χ0) is 38.5. The van der Waals surface area contributed by atoms with Gasteiger partial charge in [0.1, 0.15) is 6.04 Å². The van der Waals surface area contributed by atoms with Gasteiger partial charge in [-0.3, -0.25) is 19.2 Å². The van der Waals surface area contributed by atoms with Gasteiger partial charge in [-0.05, 0) is 87.3 Å². The highest BCUT2D eigenvalue weighted by molar-refractivity contribution is 6.31. The summed E-state index contributed by atoms with van der Waals surface area (Å²) in [5, 5.41) is 7.22. The number of halogens is 1. The van der Waals surface area contributed by atoms with Gasteiger partial charge in [0, 0.05) is 67.5 Å². The van der Waals surface area contributed by atoms with Crippen LogP contribution >= 0.6 is 11.6 Å². The van der Waals surface area contributed by atoms with Crippen LogP contribution in [0, 0.1) is 23.7 Å². The molecule has 3 aliphatic rings. The highest BCUT2D eigenvalue weighted by Gasteiger charge is 2.48. The van der Waals surface area contributed by atoms with Crippen molar-refractivity contribution in [2.24, 2.45) is 23.7 Å². The molecular weight excluding hydrogens is 710 g/mol. The molecule has 2 saturated heterocycles. The molecule has 1 aliphatic carbocycles. The Kier molecular flexibility index (Phi) is 12.7. The lowest BCUT2D eigenvalue weighted by Crippen LogP contribution is -2.58. The highest BCUT2D eigenvalue weighted by atomic mass is 35.5. The van der Waals surface area contributed by atoms with Gasteiger partial charge in [0.25, 0.3) is 5.91 Å². The lowest BCUT2D eigenvalue weighted by molar-refractivity contribution is -0.141. The minimum Gasteiger partial charge on any atom is -0.493 e. The predicted octanol–water partition coefficient (Wildman–Crippen LogP) is 5.22. The summed E-state index contributed by atoms with van der Waals surface area (Å²) in [6, 6.07) is 9.73. The molecule has 3 heterocycles. The summed E-state index contributed by atoms with van der Waals surface area (Å²) in [5.41, 5.74) is 2.12. The topological polar surface area (TPSA) is 142 Å². The van der Waals surface area contributed by atoms with E-state index in [1.54, 1.807) is 41.1 Å². The van der Waals surface area contributed by atoms with Crippen LogP contribution in [0.1, 0.15) is 68.8 Å². The molecule has 2 aliphatic heterocycles. The third-order valence-corrected chi connectivity index (χ3v) is 11.6. The zero-order valence-electron chi connectivity index (χ0n) is 32.0. The summed E-state index contributed by atoms with van der Waals surface area (Å²) in [4.78, 5) is 62.4. The third-order valence-electron chi connectivity index (χ3n) is 11.3. The van der Waals surface area contributed by atoms with Crippen molar-refractivity contribution in [1.29, 1.82) is 0 Å². The number of fused-ring (bicyclic) bond motifs is 2. The fourth-order valence-electron chi connectivity index (χ4n) is 8.39. The Bertz CT molecular complexity index is 1820. The van der Waals surface area contributed by atoms with Crippen LogP contribution in [0.25, 0.3) is 10.9 Å². The molecule has 5 atom stereocenters. The summed E-state index contributed by atoms with van der Waals surface area (Å²) in [6.07, 6.45) is 7.11. The molecule has 2 aromatic carbocycles. The Balaban J connectivity index is 1.22. The van der Waals surface area contributed by atoms with Gasteiger partial charge in [0.15, 0.2) is 11.5 Å². The Hall–Kier alpha value is -4.29. The van der Waals surface area contributed by atoms with Gasteiger partial charge < -0.3 is 39.6 Å². The monoisotopic (exact) mass is 763 g/mol. The van der Waals surface area contributed by atoms with E-state index in [0.29, 0.717) is 54.2 Å². The van der Waals surface area contributed by atoms with Crippen molar-refractivity contribution >= 4 is 46.1 Å². The maximum atomic E-state index is 14.4. The number of amides is 4. The number of carbonyl (C=O) groups is 4. The normalized spacial score (nSPS) is 21.4. The summed E-state index contributed by atoms with van der Waals surface area (Å²) in [7, 11) is 3.08. The molecule has 0 bridgehead atoms. The number of rotatable bonds is 13. The first kappa shape index (κ1) is 39.4. The van der Waals surface area contributed by atoms with Crippen LogP contribution in [-0.4, -0.2) is 104 Å². The number of aromatic nitrogens is 1. The highest BCUT2D eigenvalue weighted by Crippen LogP contribution is 2.38. The number of methoxy groups -OCH3 is 1. The SMILES string of the molecule is CNC(=O)C(NC(=O)C1CN(C(=O)Cc2c[nH]c3cc(Cl)ccc23)CC2CN(C(=O)c3ccc(OC(C)C)c(OC)c3)CC21)[C@@H](C)OCC1CCCCC1. The van der Waals surface area contributed by atoms with E-state index in [1.807, 2.05) is 39.1 Å². The van der Waals surface area contributed by atoms with E-state index >= 15 is 0 Å². The van der Waals surface area contributed by atoms with Gasteiger partial charge in [-0.1, -0.05) is 36.9 Å². The number of likely N-dealkylation sites (tertiary alicyclic amines) is 2. The van der Waals surface area contributed by atoms with E-state index in [1.165, 1.54) is 26.4 Å². The van der Waals surface area contributed by atoms with Gasteiger partial charge in [0.05, 0.1) is 31.7 Å². The van der Waals surface area contributed by atoms with E-state index in [2.05, 4.69) is 15.6 Å². The number of likely N-dealkylation sites (N-methyl/N-ethyl adjacent to an activating group) is 1. The van der Waals surface area contributed by atoms with Crippen LogP contribution in [0.2, 0.25) is 5.02 Å². The summed E-state index contributed by atoms with van der Waals surface area (Å²) < 4.78 is 17.6. The van der Waals surface area contributed by atoms with E-state index in [0.717, 1.165) is 29.3 Å². The first-order chi connectivity index (χ1) is 25.9. The maximum Gasteiger partial charge on any atom is 0.254 e. The molecule has 3 aromatic rings. The minimum atomic E-state index is -0.924. The van der Waals surface area contributed by atoms with Crippen LogP contribution < -0.4 is 20.1 Å². The van der Waals surface area contributed by atoms with E-state index in [4.69, 9.17) is 25.8 Å². The van der Waals surface area contributed by atoms with Crippen molar-refractivity contribution in [1.82, 2.24) is 25.4 Å². The van der Waals surface area contributed by atoms with Crippen LogP contribution in [0.15, 0.2) is 42.6 Å². The largest absolute Gasteiger partial charge is 0.493 e.